The molecular weight excluding hydrogens is 323 g/mol. The van der Waals surface area contributed by atoms with Crippen LogP contribution in [0.1, 0.15) is 20.3 Å². The minimum atomic E-state index is -3.97. The summed E-state index contributed by atoms with van der Waals surface area (Å²) in [6, 6.07) is 3.47. The van der Waals surface area contributed by atoms with Crippen molar-refractivity contribution in [1.29, 1.82) is 0 Å². The van der Waals surface area contributed by atoms with Crippen LogP contribution in [0, 0.1) is 0 Å². The molecule has 0 aliphatic carbocycles. The van der Waals surface area contributed by atoms with E-state index in [1.165, 1.54) is 19.1 Å². The Kier molecular flexibility index (Phi) is 6.26. The first kappa shape index (κ1) is 17.2. The summed E-state index contributed by atoms with van der Waals surface area (Å²) in [5.74, 6) is -0.404. The molecule has 1 atom stereocenters. The molecule has 112 valence electrons. The van der Waals surface area contributed by atoms with Gasteiger partial charge in [-0.2, -0.15) is 4.72 Å². The maximum atomic E-state index is 12.2. The summed E-state index contributed by atoms with van der Waals surface area (Å²) in [4.78, 5) is 11.5. The van der Waals surface area contributed by atoms with Crippen molar-refractivity contribution in [3.05, 3.63) is 28.2 Å². The van der Waals surface area contributed by atoms with Crippen molar-refractivity contribution in [1.82, 2.24) is 10.0 Å². The number of halogens is 2. The highest BCUT2D eigenvalue weighted by Gasteiger charge is 2.26. The number of carbonyl (C=O) groups is 1. The summed E-state index contributed by atoms with van der Waals surface area (Å²) >= 11 is 11.7. The monoisotopic (exact) mass is 338 g/mol. The number of benzene rings is 1. The number of hydrogen-bond acceptors (Lipinski definition) is 3. The molecule has 1 amide bonds. The van der Waals surface area contributed by atoms with Crippen molar-refractivity contribution in [2.24, 2.45) is 0 Å². The lowest BCUT2D eigenvalue weighted by molar-refractivity contribution is -0.122. The van der Waals surface area contributed by atoms with E-state index in [1.54, 1.807) is 6.07 Å². The molecule has 0 aliphatic rings. The average Bonchev–Trinajstić information content (AvgIpc) is 2.34. The molecule has 0 heterocycles. The van der Waals surface area contributed by atoms with Crippen LogP contribution >= 0.6 is 23.2 Å². The van der Waals surface area contributed by atoms with E-state index in [4.69, 9.17) is 23.2 Å². The van der Waals surface area contributed by atoms with Crippen molar-refractivity contribution < 1.29 is 13.2 Å². The highest BCUT2D eigenvalue weighted by atomic mass is 35.5. The third-order valence-corrected chi connectivity index (χ3v) is 4.96. The van der Waals surface area contributed by atoms with Gasteiger partial charge in [0.15, 0.2) is 0 Å². The number of carbonyl (C=O) groups excluding carboxylic acids is 1. The summed E-state index contributed by atoms with van der Waals surface area (Å²) < 4.78 is 26.7. The lowest BCUT2D eigenvalue weighted by atomic mass is 10.3. The van der Waals surface area contributed by atoms with Crippen LogP contribution in [0.4, 0.5) is 0 Å². The van der Waals surface area contributed by atoms with Crippen LogP contribution in [0.3, 0.4) is 0 Å². The van der Waals surface area contributed by atoms with Crippen LogP contribution < -0.4 is 10.0 Å². The molecule has 0 saturated heterocycles. The van der Waals surface area contributed by atoms with Crippen LogP contribution in [-0.2, 0) is 14.8 Å². The zero-order valence-electron chi connectivity index (χ0n) is 11.1. The molecule has 1 aromatic rings. The van der Waals surface area contributed by atoms with E-state index < -0.39 is 22.0 Å². The lowest BCUT2D eigenvalue weighted by Gasteiger charge is -2.15. The van der Waals surface area contributed by atoms with Gasteiger partial charge in [0.1, 0.15) is 4.90 Å². The first-order valence-electron chi connectivity index (χ1n) is 6.03. The fourth-order valence-corrected chi connectivity index (χ4v) is 3.83. The summed E-state index contributed by atoms with van der Waals surface area (Å²) in [5.41, 5.74) is 0. The van der Waals surface area contributed by atoms with Crippen LogP contribution in [-0.4, -0.2) is 26.9 Å². The second kappa shape index (κ2) is 7.26. The molecule has 5 nitrogen and oxygen atoms in total. The minimum absolute atomic E-state index is 0.00571. The number of rotatable bonds is 6. The molecule has 0 saturated carbocycles. The second-order valence-electron chi connectivity index (χ2n) is 4.18. The van der Waals surface area contributed by atoms with Crippen LogP contribution in [0.5, 0.6) is 0 Å². The molecule has 0 unspecified atom stereocenters. The van der Waals surface area contributed by atoms with E-state index in [2.05, 4.69) is 10.0 Å². The van der Waals surface area contributed by atoms with Crippen molar-refractivity contribution in [2.45, 2.75) is 31.2 Å². The topological polar surface area (TPSA) is 75.3 Å². The van der Waals surface area contributed by atoms with E-state index in [-0.39, 0.29) is 14.9 Å². The predicted octanol–water partition coefficient (Wildman–Crippen LogP) is 2.19. The average molecular weight is 339 g/mol. The fourth-order valence-electron chi connectivity index (χ4n) is 1.49. The molecule has 1 aromatic carbocycles. The molecule has 8 heteroatoms. The van der Waals surface area contributed by atoms with Crippen molar-refractivity contribution in [3.8, 4) is 0 Å². The normalized spacial score (nSPS) is 13.0. The third kappa shape index (κ3) is 4.34. The zero-order chi connectivity index (χ0) is 15.3. The van der Waals surface area contributed by atoms with Crippen LogP contribution in [0.2, 0.25) is 10.0 Å². The Bertz CT molecular complexity index is 570. The highest BCUT2D eigenvalue weighted by Crippen LogP contribution is 2.28. The molecule has 0 radical (unpaired) electrons. The summed E-state index contributed by atoms with van der Waals surface area (Å²) in [6.07, 6.45) is 0.765. The summed E-state index contributed by atoms with van der Waals surface area (Å²) in [5, 5.41) is 2.61. The molecule has 0 aromatic heterocycles. The Labute approximate surface area is 128 Å². The van der Waals surface area contributed by atoms with Gasteiger partial charge in [0, 0.05) is 6.54 Å². The van der Waals surface area contributed by atoms with Gasteiger partial charge in [0.25, 0.3) is 0 Å². The van der Waals surface area contributed by atoms with Gasteiger partial charge in [-0.3, -0.25) is 4.79 Å². The van der Waals surface area contributed by atoms with Gasteiger partial charge in [0.05, 0.1) is 16.1 Å². The maximum Gasteiger partial charge on any atom is 0.244 e. The van der Waals surface area contributed by atoms with Gasteiger partial charge in [-0.05, 0) is 25.5 Å². The van der Waals surface area contributed by atoms with E-state index in [0.717, 1.165) is 6.42 Å². The van der Waals surface area contributed by atoms with E-state index >= 15 is 0 Å². The van der Waals surface area contributed by atoms with Crippen LogP contribution in [0.15, 0.2) is 23.1 Å². The quantitative estimate of drug-likeness (QED) is 0.834. The maximum absolute atomic E-state index is 12.2. The van der Waals surface area contributed by atoms with Crippen molar-refractivity contribution in [2.75, 3.05) is 6.54 Å². The molecule has 0 aliphatic heterocycles. The first-order chi connectivity index (χ1) is 9.29. The molecular formula is C12H16Cl2N2O3S. The van der Waals surface area contributed by atoms with Gasteiger partial charge in [-0.25, -0.2) is 8.42 Å². The molecule has 0 spiro atoms. The smallest absolute Gasteiger partial charge is 0.244 e. The molecule has 20 heavy (non-hydrogen) atoms. The van der Waals surface area contributed by atoms with Crippen molar-refractivity contribution in [3.63, 3.8) is 0 Å². The van der Waals surface area contributed by atoms with Gasteiger partial charge < -0.3 is 5.32 Å². The molecule has 0 bridgehead atoms. The second-order valence-corrected chi connectivity index (χ2v) is 6.65. The largest absolute Gasteiger partial charge is 0.355 e. The van der Waals surface area contributed by atoms with Gasteiger partial charge in [-0.1, -0.05) is 36.2 Å². The standard InChI is InChI=1S/C12H16Cl2N2O3S/c1-3-7-15-12(17)8(2)16-20(18,19)11-9(13)5-4-6-10(11)14/h4-6,8,16H,3,7H2,1-2H3,(H,15,17)/t8-/m0/s1. The van der Waals surface area contributed by atoms with Gasteiger partial charge in [-0.15, -0.1) is 0 Å². The molecule has 1 rings (SSSR count). The number of sulfonamides is 1. The Hall–Kier alpha value is -0.820. The Balaban J connectivity index is 2.93. The summed E-state index contributed by atoms with van der Waals surface area (Å²) in [6.45, 7) is 3.84. The van der Waals surface area contributed by atoms with E-state index in [9.17, 15) is 13.2 Å². The summed E-state index contributed by atoms with van der Waals surface area (Å²) in [7, 11) is -3.97. The van der Waals surface area contributed by atoms with Gasteiger partial charge >= 0.3 is 0 Å². The lowest BCUT2D eigenvalue weighted by Crippen LogP contribution is -2.45. The Morgan fingerprint density at radius 1 is 1.30 bits per heavy atom. The number of nitrogens with one attached hydrogen (secondary N) is 2. The molecule has 0 fully saturated rings. The number of hydrogen-bond donors (Lipinski definition) is 2. The zero-order valence-corrected chi connectivity index (χ0v) is 13.4. The third-order valence-electron chi connectivity index (χ3n) is 2.46. The predicted molar refractivity (Wildman–Crippen MR) is 79.5 cm³/mol. The van der Waals surface area contributed by atoms with Crippen molar-refractivity contribution >= 4 is 39.1 Å². The SMILES string of the molecule is CCCNC(=O)[C@H](C)NS(=O)(=O)c1c(Cl)cccc1Cl. The van der Waals surface area contributed by atoms with Crippen LogP contribution in [0.25, 0.3) is 0 Å². The van der Waals surface area contributed by atoms with Gasteiger partial charge in [0.2, 0.25) is 15.9 Å². The highest BCUT2D eigenvalue weighted by molar-refractivity contribution is 7.89. The van der Waals surface area contributed by atoms with E-state index in [1.807, 2.05) is 6.92 Å². The Morgan fingerprint density at radius 3 is 2.35 bits per heavy atom. The molecule has 2 N–H and O–H groups in total. The first-order valence-corrected chi connectivity index (χ1v) is 8.27. The Morgan fingerprint density at radius 2 is 1.85 bits per heavy atom. The van der Waals surface area contributed by atoms with E-state index in [0.29, 0.717) is 6.54 Å². The fraction of sp³-hybridized carbons (Fsp3) is 0.417. The number of amides is 1. The minimum Gasteiger partial charge on any atom is -0.355 e.